The van der Waals surface area contributed by atoms with Gasteiger partial charge in [-0.2, -0.15) is 0 Å². The highest BCUT2D eigenvalue weighted by atomic mass is 16.4. The van der Waals surface area contributed by atoms with Crippen molar-refractivity contribution in [2.75, 3.05) is 7.05 Å². The molecule has 2 N–H and O–H groups in total. The molecule has 1 aromatic rings. The van der Waals surface area contributed by atoms with E-state index in [1.54, 1.807) is 14.0 Å². The summed E-state index contributed by atoms with van der Waals surface area (Å²) in [5.74, 6) is -1.21. The van der Waals surface area contributed by atoms with Crippen molar-refractivity contribution in [1.29, 1.82) is 0 Å². The minimum absolute atomic E-state index is 0.136. The minimum atomic E-state index is -0.779. The van der Waals surface area contributed by atoms with Crippen molar-refractivity contribution in [1.82, 2.24) is 5.32 Å². The fourth-order valence-corrected chi connectivity index (χ4v) is 1.81. The van der Waals surface area contributed by atoms with Crippen molar-refractivity contribution in [3.63, 3.8) is 0 Å². The Hall–Kier alpha value is -1.35. The van der Waals surface area contributed by atoms with Gasteiger partial charge in [0, 0.05) is 6.04 Å². The molecule has 1 aromatic carbocycles. The van der Waals surface area contributed by atoms with Crippen LogP contribution >= 0.6 is 0 Å². The van der Waals surface area contributed by atoms with Crippen LogP contribution in [0.3, 0.4) is 0 Å². The van der Waals surface area contributed by atoms with Crippen LogP contribution in [-0.2, 0) is 11.2 Å². The fourth-order valence-electron chi connectivity index (χ4n) is 1.81. The largest absolute Gasteiger partial charge is 0.481 e. The SMILES string of the molecule is CCc1ccc(C(NC)C(C)C(=O)O)cc1. The molecule has 0 spiro atoms. The predicted octanol–water partition coefficient (Wildman–Crippen LogP) is 2.23. The quantitative estimate of drug-likeness (QED) is 0.801. The molecule has 0 aromatic heterocycles. The van der Waals surface area contributed by atoms with E-state index in [-0.39, 0.29) is 6.04 Å². The number of nitrogens with one attached hydrogen (secondary N) is 1. The molecule has 3 nitrogen and oxygen atoms in total. The molecule has 88 valence electrons. The van der Waals surface area contributed by atoms with Crippen LogP contribution in [0, 0.1) is 5.92 Å². The van der Waals surface area contributed by atoms with Gasteiger partial charge in [-0.3, -0.25) is 4.79 Å². The highest BCUT2D eigenvalue weighted by Gasteiger charge is 2.23. The zero-order valence-corrected chi connectivity index (χ0v) is 10.0. The summed E-state index contributed by atoms with van der Waals surface area (Å²) in [5.41, 5.74) is 2.29. The normalized spacial score (nSPS) is 14.4. The Morgan fingerprint density at radius 2 is 1.94 bits per heavy atom. The van der Waals surface area contributed by atoms with Gasteiger partial charge in [-0.25, -0.2) is 0 Å². The summed E-state index contributed by atoms with van der Waals surface area (Å²) in [6.07, 6.45) is 0.999. The number of hydrogen-bond donors (Lipinski definition) is 2. The molecular weight excluding hydrogens is 202 g/mol. The zero-order chi connectivity index (χ0) is 12.1. The number of carboxylic acids is 1. The standard InChI is InChI=1S/C13H19NO2/c1-4-10-5-7-11(8-6-10)12(14-3)9(2)13(15)16/h5-9,12,14H,4H2,1-3H3,(H,15,16). The smallest absolute Gasteiger partial charge is 0.308 e. The molecule has 0 aliphatic rings. The third-order valence-electron chi connectivity index (χ3n) is 2.95. The molecule has 0 heterocycles. The monoisotopic (exact) mass is 221 g/mol. The topological polar surface area (TPSA) is 49.3 Å². The Balaban J connectivity index is 2.90. The molecule has 0 amide bonds. The van der Waals surface area contributed by atoms with Gasteiger partial charge in [-0.15, -0.1) is 0 Å². The van der Waals surface area contributed by atoms with Gasteiger partial charge >= 0.3 is 5.97 Å². The highest BCUT2D eigenvalue weighted by Crippen LogP contribution is 2.22. The first-order valence-corrected chi connectivity index (χ1v) is 5.59. The maximum Gasteiger partial charge on any atom is 0.308 e. The Labute approximate surface area is 96.5 Å². The van der Waals surface area contributed by atoms with E-state index >= 15 is 0 Å². The van der Waals surface area contributed by atoms with Gasteiger partial charge in [-0.05, 0) is 24.6 Å². The van der Waals surface area contributed by atoms with Gasteiger partial charge in [0.25, 0.3) is 0 Å². The molecule has 0 fully saturated rings. The summed E-state index contributed by atoms with van der Waals surface area (Å²) in [6, 6.07) is 7.96. The van der Waals surface area contributed by atoms with Gasteiger partial charge < -0.3 is 10.4 Å². The second-order valence-electron chi connectivity index (χ2n) is 3.99. The lowest BCUT2D eigenvalue weighted by Gasteiger charge is -2.20. The summed E-state index contributed by atoms with van der Waals surface area (Å²) < 4.78 is 0. The summed E-state index contributed by atoms with van der Waals surface area (Å²) in [7, 11) is 1.79. The van der Waals surface area contributed by atoms with Crippen molar-refractivity contribution < 1.29 is 9.90 Å². The van der Waals surface area contributed by atoms with E-state index in [2.05, 4.69) is 12.2 Å². The number of carboxylic acid groups (broad SMARTS) is 1. The van der Waals surface area contributed by atoms with E-state index < -0.39 is 11.9 Å². The number of carbonyl (C=O) groups is 1. The van der Waals surface area contributed by atoms with Crippen molar-refractivity contribution in [3.05, 3.63) is 35.4 Å². The average Bonchev–Trinajstić information content (AvgIpc) is 2.30. The Bertz CT molecular complexity index is 345. The van der Waals surface area contributed by atoms with Crippen molar-refractivity contribution >= 4 is 5.97 Å². The first-order valence-electron chi connectivity index (χ1n) is 5.59. The third kappa shape index (κ3) is 2.83. The van der Waals surface area contributed by atoms with Crippen molar-refractivity contribution in [3.8, 4) is 0 Å². The molecule has 0 saturated heterocycles. The maximum absolute atomic E-state index is 11.0. The number of rotatable bonds is 5. The summed E-state index contributed by atoms with van der Waals surface area (Å²) in [6.45, 7) is 3.82. The van der Waals surface area contributed by atoms with Crippen LogP contribution in [0.5, 0.6) is 0 Å². The molecule has 0 saturated carbocycles. The van der Waals surface area contributed by atoms with Gasteiger partial charge in [0.15, 0.2) is 0 Å². The lowest BCUT2D eigenvalue weighted by molar-refractivity contribution is -0.142. The lowest BCUT2D eigenvalue weighted by Crippen LogP contribution is -2.28. The van der Waals surface area contributed by atoms with E-state index in [0.717, 1.165) is 12.0 Å². The van der Waals surface area contributed by atoms with E-state index in [1.165, 1.54) is 5.56 Å². The lowest BCUT2D eigenvalue weighted by atomic mass is 9.94. The predicted molar refractivity (Wildman–Crippen MR) is 64.4 cm³/mol. The molecule has 3 heteroatoms. The number of hydrogen-bond acceptors (Lipinski definition) is 2. The summed E-state index contributed by atoms with van der Waals surface area (Å²) in [5, 5.41) is 12.1. The first kappa shape index (κ1) is 12.7. The van der Waals surface area contributed by atoms with Gasteiger partial charge in [0.1, 0.15) is 0 Å². The van der Waals surface area contributed by atoms with Crippen molar-refractivity contribution in [2.45, 2.75) is 26.3 Å². The second kappa shape index (κ2) is 5.66. The van der Waals surface area contributed by atoms with Crippen LogP contribution in [-0.4, -0.2) is 18.1 Å². The maximum atomic E-state index is 11.0. The Morgan fingerprint density at radius 3 is 2.31 bits per heavy atom. The van der Waals surface area contributed by atoms with E-state index in [1.807, 2.05) is 24.3 Å². The zero-order valence-electron chi connectivity index (χ0n) is 10.0. The summed E-state index contributed by atoms with van der Waals surface area (Å²) >= 11 is 0. The molecule has 0 aliphatic heterocycles. The summed E-state index contributed by atoms with van der Waals surface area (Å²) in [4.78, 5) is 11.0. The van der Waals surface area contributed by atoms with Crippen LogP contribution in [0.25, 0.3) is 0 Å². The van der Waals surface area contributed by atoms with E-state index in [9.17, 15) is 4.79 Å². The van der Waals surface area contributed by atoms with Crippen LogP contribution in [0.15, 0.2) is 24.3 Å². The van der Waals surface area contributed by atoms with Crippen LogP contribution in [0.1, 0.15) is 31.0 Å². The molecule has 16 heavy (non-hydrogen) atoms. The second-order valence-corrected chi connectivity index (χ2v) is 3.99. The number of benzene rings is 1. The Kier molecular flexibility index (Phi) is 4.50. The van der Waals surface area contributed by atoms with Crippen LogP contribution < -0.4 is 5.32 Å². The molecule has 0 bridgehead atoms. The van der Waals surface area contributed by atoms with E-state index in [4.69, 9.17) is 5.11 Å². The third-order valence-corrected chi connectivity index (χ3v) is 2.95. The Morgan fingerprint density at radius 1 is 1.38 bits per heavy atom. The van der Waals surface area contributed by atoms with Crippen molar-refractivity contribution in [2.24, 2.45) is 5.92 Å². The van der Waals surface area contributed by atoms with Gasteiger partial charge in [0.2, 0.25) is 0 Å². The number of aryl methyl sites for hydroxylation is 1. The van der Waals surface area contributed by atoms with E-state index in [0.29, 0.717) is 0 Å². The van der Waals surface area contributed by atoms with Gasteiger partial charge in [0.05, 0.1) is 5.92 Å². The van der Waals surface area contributed by atoms with Gasteiger partial charge in [-0.1, -0.05) is 38.1 Å². The highest BCUT2D eigenvalue weighted by molar-refractivity contribution is 5.70. The molecule has 2 unspecified atom stereocenters. The average molecular weight is 221 g/mol. The van der Waals surface area contributed by atoms with Crippen LogP contribution in [0.4, 0.5) is 0 Å². The minimum Gasteiger partial charge on any atom is -0.481 e. The molecular formula is C13H19NO2. The van der Waals surface area contributed by atoms with Crippen LogP contribution in [0.2, 0.25) is 0 Å². The number of aliphatic carboxylic acids is 1. The molecule has 1 rings (SSSR count). The molecule has 0 radical (unpaired) electrons. The fraction of sp³-hybridized carbons (Fsp3) is 0.462. The molecule has 0 aliphatic carbocycles. The first-order chi connectivity index (χ1) is 7.60. The molecule has 2 atom stereocenters.